The van der Waals surface area contributed by atoms with E-state index in [0.717, 1.165) is 35.7 Å². The minimum atomic E-state index is -4.51. The zero-order valence-corrected chi connectivity index (χ0v) is 14.4. The van der Waals surface area contributed by atoms with Crippen LogP contribution >= 0.6 is 23.6 Å². The van der Waals surface area contributed by atoms with E-state index >= 15 is 0 Å². The largest absolute Gasteiger partial charge is 1.00 e. The van der Waals surface area contributed by atoms with Gasteiger partial charge in [0.05, 0.1) is 10.4 Å². The van der Waals surface area contributed by atoms with Crippen LogP contribution in [0.4, 0.5) is 5.00 Å². The quantitative estimate of drug-likeness (QED) is 0.316. The number of fused-ring (bicyclic) bond motifs is 1. The van der Waals surface area contributed by atoms with E-state index in [9.17, 15) is 18.2 Å². The van der Waals surface area contributed by atoms with E-state index < -0.39 is 10.1 Å². The molecule has 0 aliphatic rings. The predicted molar refractivity (Wildman–Crippen MR) is 66.4 cm³/mol. The number of hydrogen-bond donors (Lipinski definition) is 1. The molecule has 0 amide bonds. The number of anilines is 1. The molecule has 2 rings (SSSR count). The maximum atomic E-state index is 10.9. The van der Waals surface area contributed by atoms with Crippen LogP contribution in [0.5, 0.6) is 0 Å². The minimum absolute atomic E-state index is 0. The molecule has 1 aromatic carbocycles. The van der Waals surface area contributed by atoms with Crippen molar-refractivity contribution in [2.75, 3.05) is 11.5 Å². The second-order valence-corrected chi connectivity index (χ2v) is 5.75. The smallest absolute Gasteiger partial charge is 0.744 e. The van der Waals surface area contributed by atoms with E-state index in [2.05, 4.69) is 4.37 Å². The second-order valence-electron chi connectivity index (χ2n) is 3.13. The third-order valence-corrected chi connectivity index (χ3v) is 4.00. The number of benzene rings is 1. The molecule has 2 aromatic rings. The summed E-state index contributed by atoms with van der Waals surface area (Å²) >= 11 is 1.85. The molecule has 0 fully saturated rings. The van der Waals surface area contributed by atoms with Crippen LogP contribution < -0.4 is 34.8 Å². The zero-order chi connectivity index (χ0) is 13.3. The van der Waals surface area contributed by atoms with Gasteiger partial charge in [-0.25, -0.2) is 8.42 Å². The van der Waals surface area contributed by atoms with Crippen LogP contribution in [0.2, 0.25) is 0 Å². The van der Waals surface area contributed by atoms with Gasteiger partial charge in [-0.1, -0.05) is 0 Å². The number of aromatic nitrogens is 1. The Balaban J connectivity index is 0.00000180. The van der Waals surface area contributed by atoms with E-state index in [4.69, 9.17) is 4.28 Å². The molecule has 98 valence electrons. The van der Waals surface area contributed by atoms with Crippen LogP contribution in [0.1, 0.15) is 0 Å². The van der Waals surface area contributed by atoms with Crippen LogP contribution in [0.15, 0.2) is 23.1 Å². The summed E-state index contributed by atoms with van der Waals surface area (Å²) in [5.74, 6) is 0. The van der Waals surface area contributed by atoms with Crippen LogP contribution in [-0.2, 0) is 14.4 Å². The molecule has 0 saturated heterocycles. The Kier molecular flexibility index (Phi) is 6.04. The molecule has 0 radical (unpaired) electrons. The number of hydrogen-bond acceptors (Lipinski definition) is 9. The van der Waals surface area contributed by atoms with Crippen LogP contribution in [0.3, 0.4) is 0 Å². The molecule has 0 saturated carbocycles. The standard InChI is InChI=1S/C8H8N2O5S3.Na/c1-16-15-10(11)8-6-3-2-5(18(12,13)14)4-7(6)9-17-8;/h2-4,11H,1H3,(H,12,13,14);/q;+1/p-1. The summed E-state index contributed by atoms with van der Waals surface area (Å²) in [6, 6.07) is 3.71. The van der Waals surface area contributed by atoms with Crippen molar-refractivity contribution in [2.24, 2.45) is 0 Å². The van der Waals surface area contributed by atoms with Crippen LogP contribution in [0.25, 0.3) is 10.9 Å². The molecule has 0 aliphatic heterocycles. The zero-order valence-electron chi connectivity index (χ0n) is 9.93. The summed E-state index contributed by atoms with van der Waals surface area (Å²) in [6.45, 7) is 0. The van der Waals surface area contributed by atoms with Crippen LogP contribution in [0, 0.1) is 0 Å². The van der Waals surface area contributed by atoms with Gasteiger partial charge >= 0.3 is 29.6 Å². The first-order valence-electron chi connectivity index (χ1n) is 4.48. The summed E-state index contributed by atoms with van der Waals surface area (Å²) in [4.78, 5) is -0.359. The van der Waals surface area contributed by atoms with Crippen molar-refractivity contribution in [3.05, 3.63) is 18.2 Å². The molecule has 0 bridgehead atoms. The van der Waals surface area contributed by atoms with Crippen molar-refractivity contribution >= 4 is 49.6 Å². The summed E-state index contributed by atoms with van der Waals surface area (Å²) < 4.78 is 41.3. The molecule has 1 aromatic heterocycles. The molecule has 11 heteroatoms. The Labute approximate surface area is 139 Å². The normalized spacial score (nSPS) is 11.3. The SMILES string of the molecule is CSON(O)c1snc2cc(S(=O)(=O)[O-])ccc12.[Na+]. The molecule has 7 nitrogen and oxygen atoms in total. The van der Waals surface area contributed by atoms with Crippen molar-refractivity contribution in [3.63, 3.8) is 0 Å². The van der Waals surface area contributed by atoms with Gasteiger partial charge in [0, 0.05) is 23.7 Å². The molecule has 0 atom stereocenters. The topological polar surface area (TPSA) is 103 Å². The van der Waals surface area contributed by atoms with Crippen molar-refractivity contribution in [1.82, 2.24) is 4.37 Å². The van der Waals surface area contributed by atoms with Gasteiger partial charge in [0.1, 0.15) is 10.1 Å². The van der Waals surface area contributed by atoms with Crippen molar-refractivity contribution in [1.29, 1.82) is 0 Å². The van der Waals surface area contributed by atoms with Gasteiger partial charge in [-0.3, -0.25) is 5.21 Å². The van der Waals surface area contributed by atoms with E-state index in [0.29, 0.717) is 21.1 Å². The van der Waals surface area contributed by atoms with Crippen molar-refractivity contribution in [3.8, 4) is 0 Å². The van der Waals surface area contributed by atoms with E-state index in [-0.39, 0.29) is 34.5 Å². The third-order valence-electron chi connectivity index (χ3n) is 2.04. The predicted octanol–water partition coefficient (Wildman–Crippen LogP) is -1.39. The fourth-order valence-electron chi connectivity index (χ4n) is 1.31. The van der Waals surface area contributed by atoms with Gasteiger partial charge < -0.3 is 4.55 Å². The molecule has 0 spiro atoms. The minimum Gasteiger partial charge on any atom is -0.744 e. The maximum Gasteiger partial charge on any atom is 1.00 e. The summed E-state index contributed by atoms with van der Waals surface area (Å²) in [6.07, 6.45) is 1.62. The molecule has 19 heavy (non-hydrogen) atoms. The Morgan fingerprint density at radius 1 is 1.53 bits per heavy atom. The van der Waals surface area contributed by atoms with Gasteiger partial charge in [0.25, 0.3) is 0 Å². The van der Waals surface area contributed by atoms with Gasteiger partial charge in [-0.2, -0.15) is 8.66 Å². The Morgan fingerprint density at radius 2 is 2.21 bits per heavy atom. The van der Waals surface area contributed by atoms with Crippen molar-refractivity contribution < 1.29 is 52.0 Å². The van der Waals surface area contributed by atoms with E-state index in [1.54, 1.807) is 6.26 Å². The van der Waals surface area contributed by atoms with Crippen LogP contribution in [-0.4, -0.2) is 28.8 Å². The molecular weight excluding hydrogens is 323 g/mol. The van der Waals surface area contributed by atoms with Gasteiger partial charge in [0.15, 0.2) is 5.00 Å². The first-order valence-corrected chi connectivity index (χ1v) is 7.82. The second kappa shape index (κ2) is 6.70. The average molecular weight is 330 g/mol. The third kappa shape index (κ3) is 3.80. The maximum absolute atomic E-state index is 10.9. The summed E-state index contributed by atoms with van der Waals surface area (Å²) in [5, 5.41) is 10.8. The Bertz CT molecular complexity index is 674. The first-order chi connectivity index (χ1) is 8.43. The Morgan fingerprint density at radius 3 is 2.79 bits per heavy atom. The first kappa shape index (κ1) is 17.1. The van der Waals surface area contributed by atoms with Gasteiger partial charge in [-0.15, -0.1) is 5.23 Å². The van der Waals surface area contributed by atoms with Crippen molar-refractivity contribution in [2.45, 2.75) is 4.90 Å². The number of rotatable bonds is 4. The fourth-order valence-corrected chi connectivity index (χ4v) is 2.77. The molecule has 1 N–H and O–H groups in total. The fraction of sp³-hybridized carbons (Fsp3) is 0.125. The summed E-state index contributed by atoms with van der Waals surface area (Å²) in [7, 11) is -4.51. The molecule has 1 heterocycles. The van der Waals surface area contributed by atoms with Gasteiger partial charge in [-0.05, 0) is 29.7 Å². The van der Waals surface area contributed by atoms with Gasteiger partial charge in [0.2, 0.25) is 0 Å². The molecule has 0 aliphatic carbocycles. The average Bonchev–Trinajstić information content (AvgIpc) is 2.70. The van der Waals surface area contributed by atoms with E-state index in [1.165, 1.54) is 6.07 Å². The molecular formula is C8H7N2NaO5S3. The van der Waals surface area contributed by atoms with E-state index in [1.807, 2.05) is 0 Å². The Hall–Kier alpha value is 0.0900. The summed E-state index contributed by atoms with van der Waals surface area (Å²) in [5.41, 5.74) is 0.302. The monoisotopic (exact) mass is 330 g/mol. The number of nitrogens with zero attached hydrogens (tertiary/aromatic N) is 2. The molecule has 0 unspecified atom stereocenters.